The van der Waals surface area contributed by atoms with Gasteiger partial charge >= 0.3 is 0 Å². The third kappa shape index (κ3) is 0.775. The maximum absolute atomic E-state index is 9.73. The molecule has 2 fully saturated rings. The Bertz CT molecular complexity index is 212. The third-order valence-corrected chi connectivity index (χ3v) is 4.14. The molecule has 2 rings (SSSR count). The molecule has 0 aromatic carbocycles. The highest BCUT2D eigenvalue weighted by Gasteiger charge is 2.71. The van der Waals surface area contributed by atoms with Crippen LogP contribution in [0.25, 0.3) is 0 Å². The molecule has 0 spiro atoms. The second-order valence-electron chi connectivity index (χ2n) is 5.33. The molecule has 0 bridgehead atoms. The summed E-state index contributed by atoms with van der Waals surface area (Å²) < 4.78 is 0. The summed E-state index contributed by atoms with van der Waals surface area (Å²) in [7, 11) is 0. The fourth-order valence-corrected chi connectivity index (χ4v) is 3.16. The molecule has 4 atom stereocenters. The van der Waals surface area contributed by atoms with Gasteiger partial charge in [-0.15, -0.1) is 0 Å². The van der Waals surface area contributed by atoms with Gasteiger partial charge in [0.05, 0.1) is 12.2 Å². The number of aliphatic hydroxyl groups is 2. The van der Waals surface area contributed by atoms with E-state index in [0.29, 0.717) is 5.92 Å². The van der Waals surface area contributed by atoms with E-state index in [1.165, 1.54) is 0 Å². The molecule has 2 aliphatic carbocycles. The second-order valence-corrected chi connectivity index (χ2v) is 5.33. The average molecular weight is 170 g/mol. The van der Waals surface area contributed by atoms with Gasteiger partial charge in [-0.1, -0.05) is 20.8 Å². The van der Waals surface area contributed by atoms with Crippen molar-refractivity contribution in [2.45, 2.75) is 45.8 Å². The lowest BCUT2D eigenvalue weighted by molar-refractivity contribution is 0.0170. The highest BCUT2D eigenvalue weighted by Crippen LogP contribution is 2.67. The van der Waals surface area contributed by atoms with E-state index < -0.39 is 0 Å². The van der Waals surface area contributed by atoms with Crippen LogP contribution in [0, 0.1) is 16.7 Å². The van der Waals surface area contributed by atoms with Crippen molar-refractivity contribution in [2.75, 3.05) is 0 Å². The summed E-state index contributed by atoms with van der Waals surface area (Å²) in [6.45, 7) is 6.39. The Balaban J connectivity index is 2.26. The minimum absolute atomic E-state index is 0.193. The number of hydrogen-bond donors (Lipinski definition) is 2. The zero-order chi connectivity index (χ0) is 9.15. The van der Waals surface area contributed by atoms with Gasteiger partial charge in [0, 0.05) is 11.3 Å². The molecule has 0 amide bonds. The molecule has 0 aromatic heterocycles. The van der Waals surface area contributed by atoms with Gasteiger partial charge in [0.1, 0.15) is 0 Å². The Kier molecular flexibility index (Phi) is 1.45. The van der Waals surface area contributed by atoms with Gasteiger partial charge in [0.2, 0.25) is 0 Å². The summed E-state index contributed by atoms with van der Waals surface area (Å²) in [5.41, 5.74) is 0.0230. The molecular formula is C10H18O2. The first-order valence-electron chi connectivity index (χ1n) is 4.77. The van der Waals surface area contributed by atoms with Crippen molar-refractivity contribution in [2.24, 2.45) is 16.7 Å². The molecule has 0 aliphatic heterocycles. The zero-order valence-electron chi connectivity index (χ0n) is 8.04. The molecular weight excluding hydrogens is 152 g/mol. The van der Waals surface area contributed by atoms with Crippen molar-refractivity contribution in [3.8, 4) is 0 Å². The SMILES string of the molecule is CC1(C)CCC(O)C2(C)C(O)C12. The fourth-order valence-electron chi connectivity index (χ4n) is 3.16. The first-order chi connectivity index (χ1) is 5.40. The van der Waals surface area contributed by atoms with Crippen LogP contribution in [0.2, 0.25) is 0 Å². The van der Waals surface area contributed by atoms with Crippen LogP contribution < -0.4 is 0 Å². The minimum atomic E-state index is -0.287. The van der Waals surface area contributed by atoms with Gasteiger partial charge in [-0.25, -0.2) is 0 Å². The summed E-state index contributed by atoms with van der Waals surface area (Å²) in [6, 6.07) is 0. The van der Waals surface area contributed by atoms with Gasteiger partial charge in [-0.05, 0) is 18.3 Å². The second kappa shape index (κ2) is 2.05. The molecule has 4 unspecified atom stereocenters. The van der Waals surface area contributed by atoms with Gasteiger partial charge in [0.15, 0.2) is 0 Å². The molecule has 2 saturated carbocycles. The molecule has 0 heterocycles. The van der Waals surface area contributed by atoms with Crippen LogP contribution in [-0.4, -0.2) is 22.4 Å². The maximum Gasteiger partial charge on any atom is 0.0662 e. The lowest BCUT2D eigenvalue weighted by atomic mass is 9.71. The topological polar surface area (TPSA) is 40.5 Å². The van der Waals surface area contributed by atoms with Crippen LogP contribution in [0.15, 0.2) is 0 Å². The standard InChI is InChI=1S/C10H18O2/c1-9(2)5-4-6(11)10(3)7(9)8(10)12/h6-8,11-12H,4-5H2,1-3H3. The van der Waals surface area contributed by atoms with E-state index in [2.05, 4.69) is 13.8 Å². The van der Waals surface area contributed by atoms with Gasteiger partial charge in [-0.2, -0.15) is 0 Å². The van der Waals surface area contributed by atoms with Crippen LogP contribution in [0.4, 0.5) is 0 Å². The Morgan fingerprint density at radius 2 is 1.75 bits per heavy atom. The molecule has 70 valence electrons. The number of rotatable bonds is 0. The van der Waals surface area contributed by atoms with Crippen LogP contribution in [0.5, 0.6) is 0 Å². The van der Waals surface area contributed by atoms with Crippen LogP contribution in [-0.2, 0) is 0 Å². The lowest BCUT2D eigenvalue weighted by Gasteiger charge is -2.35. The van der Waals surface area contributed by atoms with Crippen molar-refractivity contribution in [1.29, 1.82) is 0 Å². The Morgan fingerprint density at radius 3 is 2.25 bits per heavy atom. The van der Waals surface area contributed by atoms with E-state index in [0.717, 1.165) is 12.8 Å². The minimum Gasteiger partial charge on any atom is -0.392 e. The number of aliphatic hydroxyl groups excluding tert-OH is 2. The molecule has 0 aromatic rings. The average Bonchev–Trinajstić information content (AvgIpc) is 2.51. The predicted molar refractivity (Wildman–Crippen MR) is 46.6 cm³/mol. The normalized spacial score (nSPS) is 56.2. The van der Waals surface area contributed by atoms with Crippen molar-refractivity contribution in [3.05, 3.63) is 0 Å². The van der Waals surface area contributed by atoms with Crippen molar-refractivity contribution >= 4 is 0 Å². The smallest absolute Gasteiger partial charge is 0.0662 e. The summed E-state index contributed by atoms with van der Waals surface area (Å²) in [6.07, 6.45) is 1.32. The molecule has 0 saturated heterocycles. The molecule has 0 radical (unpaired) electrons. The van der Waals surface area contributed by atoms with E-state index in [-0.39, 0.29) is 23.0 Å². The Morgan fingerprint density at radius 1 is 1.17 bits per heavy atom. The molecule has 12 heavy (non-hydrogen) atoms. The van der Waals surface area contributed by atoms with E-state index in [1.807, 2.05) is 6.92 Å². The van der Waals surface area contributed by atoms with E-state index >= 15 is 0 Å². The van der Waals surface area contributed by atoms with E-state index in [1.54, 1.807) is 0 Å². The quantitative estimate of drug-likeness (QED) is 0.573. The molecule has 2 N–H and O–H groups in total. The summed E-state index contributed by atoms with van der Waals surface area (Å²) in [5.74, 6) is 0.314. The first kappa shape index (κ1) is 8.52. The molecule has 2 heteroatoms. The van der Waals surface area contributed by atoms with Crippen LogP contribution in [0.3, 0.4) is 0 Å². The predicted octanol–water partition coefficient (Wildman–Crippen LogP) is 1.16. The molecule has 2 aliphatic rings. The summed E-state index contributed by atoms with van der Waals surface area (Å²) in [5, 5.41) is 19.5. The van der Waals surface area contributed by atoms with Crippen molar-refractivity contribution in [3.63, 3.8) is 0 Å². The third-order valence-electron chi connectivity index (χ3n) is 4.14. The summed E-state index contributed by atoms with van der Waals surface area (Å²) in [4.78, 5) is 0. The van der Waals surface area contributed by atoms with Gasteiger partial charge < -0.3 is 10.2 Å². The number of hydrogen-bond acceptors (Lipinski definition) is 2. The largest absolute Gasteiger partial charge is 0.392 e. The molecule has 2 nitrogen and oxygen atoms in total. The zero-order valence-corrected chi connectivity index (χ0v) is 8.04. The van der Waals surface area contributed by atoms with Crippen LogP contribution >= 0.6 is 0 Å². The maximum atomic E-state index is 9.73. The fraction of sp³-hybridized carbons (Fsp3) is 1.00. The van der Waals surface area contributed by atoms with Crippen molar-refractivity contribution in [1.82, 2.24) is 0 Å². The van der Waals surface area contributed by atoms with E-state index in [4.69, 9.17) is 0 Å². The highest BCUT2D eigenvalue weighted by atomic mass is 16.3. The Labute approximate surface area is 73.6 Å². The number of fused-ring (bicyclic) bond motifs is 1. The Hall–Kier alpha value is -0.0800. The van der Waals surface area contributed by atoms with Gasteiger partial charge in [0.25, 0.3) is 0 Å². The van der Waals surface area contributed by atoms with E-state index in [9.17, 15) is 10.2 Å². The van der Waals surface area contributed by atoms with Crippen molar-refractivity contribution < 1.29 is 10.2 Å². The van der Waals surface area contributed by atoms with Crippen LogP contribution in [0.1, 0.15) is 33.6 Å². The lowest BCUT2D eigenvalue weighted by Crippen LogP contribution is -2.33. The summed E-state index contributed by atoms with van der Waals surface area (Å²) >= 11 is 0. The first-order valence-corrected chi connectivity index (χ1v) is 4.77. The highest BCUT2D eigenvalue weighted by molar-refractivity contribution is 5.19. The monoisotopic (exact) mass is 170 g/mol. The van der Waals surface area contributed by atoms with Gasteiger partial charge in [-0.3, -0.25) is 0 Å².